The molecule has 8 heteroatoms. The number of aliphatic hydroxyl groups is 1. The normalized spacial score (nSPS) is 20.6. The van der Waals surface area contributed by atoms with Crippen LogP contribution in [0.25, 0.3) is 27.8 Å². The van der Waals surface area contributed by atoms with Gasteiger partial charge in [0.2, 0.25) is 0 Å². The van der Waals surface area contributed by atoms with Gasteiger partial charge in [0.15, 0.2) is 11.5 Å². The van der Waals surface area contributed by atoms with E-state index in [0.29, 0.717) is 5.52 Å². The van der Waals surface area contributed by atoms with Gasteiger partial charge in [-0.1, -0.05) is 0 Å². The highest BCUT2D eigenvalue weighted by Gasteiger charge is 2.51. The van der Waals surface area contributed by atoms with E-state index < -0.39 is 0 Å². The van der Waals surface area contributed by atoms with Gasteiger partial charge in [-0.15, -0.1) is 0 Å². The minimum Gasteiger partial charge on any atom is -0.395 e. The van der Waals surface area contributed by atoms with Crippen LogP contribution in [0.1, 0.15) is 43.0 Å². The number of hydrogen-bond acceptors (Lipinski definition) is 5. The van der Waals surface area contributed by atoms with Crippen molar-refractivity contribution < 1.29 is 9.50 Å². The first kappa shape index (κ1) is 19.8. The maximum Gasteiger partial charge on any atom is 0.156 e. The molecule has 166 valence electrons. The fourth-order valence-electron chi connectivity index (χ4n) is 5.40. The van der Waals surface area contributed by atoms with Gasteiger partial charge in [-0.25, -0.2) is 13.9 Å². The van der Waals surface area contributed by atoms with Crippen LogP contribution in [-0.4, -0.2) is 59.6 Å². The average molecular weight is 435 g/mol. The van der Waals surface area contributed by atoms with Crippen LogP contribution in [0.4, 0.5) is 4.39 Å². The highest BCUT2D eigenvalue weighted by Crippen LogP contribution is 2.51. The van der Waals surface area contributed by atoms with Gasteiger partial charge in [0.25, 0.3) is 0 Å². The van der Waals surface area contributed by atoms with Crippen LogP contribution in [0.3, 0.4) is 0 Å². The SMILES string of the molecule is Cc1cn2nc(-c3cc(F)c4nn([C@@H]5CCN(CCO)C6(CC6)C5)cc4c3)cc(C)c2n1. The second-order valence-electron chi connectivity index (χ2n) is 9.45. The number of imidazole rings is 1. The van der Waals surface area contributed by atoms with Crippen LogP contribution in [0.2, 0.25) is 0 Å². The predicted molar refractivity (Wildman–Crippen MR) is 120 cm³/mol. The number of halogens is 1. The first-order valence-corrected chi connectivity index (χ1v) is 11.3. The summed E-state index contributed by atoms with van der Waals surface area (Å²) < 4.78 is 18.8. The number of rotatable bonds is 4. The van der Waals surface area contributed by atoms with E-state index in [9.17, 15) is 5.11 Å². The van der Waals surface area contributed by atoms with E-state index >= 15 is 4.39 Å². The fraction of sp³-hybridized carbons (Fsp3) is 0.458. The van der Waals surface area contributed by atoms with Crippen LogP contribution < -0.4 is 0 Å². The van der Waals surface area contributed by atoms with Gasteiger partial charge in [-0.05, 0) is 63.3 Å². The first-order valence-electron chi connectivity index (χ1n) is 11.3. The summed E-state index contributed by atoms with van der Waals surface area (Å²) in [5.41, 5.74) is 4.79. The van der Waals surface area contributed by atoms with E-state index in [1.54, 1.807) is 4.52 Å². The highest BCUT2D eigenvalue weighted by atomic mass is 19.1. The van der Waals surface area contributed by atoms with Crippen molar-refractivity contribution in [3.05, 3.63) is 47.7 Å². The number of aliphatic hydroxyl groups excluding tert-OH is 1. The van der Waals surface area contributed by atoms with Crippen LogP contribution in [0.15, 0.2) is 30.6 Å². The van der Waals surface area contributed by atoms with Gasteiger partial charge in [-0.3, -0.25) is 9.58 Å². The van der Waals surface area contributed by atoms with Crippen LogP contribution in [-0.2, 0) is 0 Å². The van der Waals surface area contributed by atoms with Crippen molar-refractivity contribution in [2.75, 3.05) is 19.7 Å². The van der Waals surface area contributed by atoms with Gasteiger partial charge in [0.1, 0.15) is 5.52 Å². The van der Waals surface area contributed by atoms with Gasteiger partial charge in [0.05, 0.1) is 30.2 Å². The van der Waals surface area contributed by atoms with Crippen LogP contribution >= 0.6 is 0 Å². The zero-order chi connectivity index (χ0) is 22.0. The minimum absolute atomic E-state index is 0.198. The van der Waals surface area contributed by atoms with Gasteiger partial charge in [-0.2, -0.15) is 10.2 Å². The molecule has 2 fully saturated rings. The Morgan fingerprint density at radius 3 is 2.78 bits per heavy atom. The van der Waals surface area contributed by atoms with E-state index in [4.69, 9.17) is 0 Å². The van der Waals surface area contributed by atoms with E-state index in [0.717, 1.165) is 59.5 Å². The molecule has 32 heavy (non-hydrogen) atoms. The Kier molecular flexibility index (Phi) is 4.39. The molecule has 4 heterocycles. The largest absolute Gasteiger partial charge is 0.395 e. The lowest BCUT2D eigenvalue weighted by Gasteiger charge is -2.40. The molecule has 1 aromatic carbocycles. The van der Waals surface area contributed by atoms with E-state index in [-0.39, 0.29) is 24.0 Å². The van der Waals surface area contributed by atoms with Crippen molar-refractivity contribution in [2.24, 2.45) is 0 Å². The number of benzene rings is 1. The summed E-state index contributed by atoms with van der Waals surface area (Å²) in [7, 11) is 0. The van der Waals surface area contributed by atoms with E-state index in [2.05, 4.69) is 20.1 Å². The molecular formula is C24H27FN6O. The summed E-state index contributed by atoms with van der Waals surface area (Å²) in [5, 5.41) is 19.5. The number of likely N-dealkylation sites (tertiary alicyclic amines) is 1. The number of fused-ring (bicyclic) bond motifs is 2. The molecule has 1 aliphatic carbocycles. The minimum atomic E-state index is -0.323. The third kappa shape index (κ3) is 3.12. The lowest BCUT2D eigenvalue weighted by molar-refractivity contribution is 0.0737. The summed E-state index contributed by atoms with van der Waals surface area (Å²) in [6.45, 7) is 5.82. The number of aryl methyl sites for hydroxylation is 2. The predicted octanol–water partition coefficient (Wildman–Crippen LogP) is 3.66. The standard InChI is InChI=1S/C24H27FN6O/c1-15-9-21(27-31-13-16(2)26-23(15)31)17-10-18-14-30(28-22(18)20(25)11-17)19-3-6-29(7-8-32)24(12-19)4-5-24/h9-11,13-14,19,32H,3-8,12H2,1-2H3/t19-/m1/s1. The molecule has 1 saturated carbocycles. The summed E-state index contributed by atoms with van der Waals surface area (Å²) in [5.74, 6) is -0.323. The molecule has 4 aromatic rings. The quantitative estimate of drug-likeness (QED) is 0.531. The second-order valence-corrected chi connectivity index (χ2v) is 9.45. The number of piperidine rings is 1. The molecule has 0 bridgehead atoms. The zero-order valence-corrected chi connectivity index (χ0v) is 18.4. The van der Waals surface area contributed by atoms with Crippen LogP contribution in [0.5, 0.6) is 0 Å². The second kappa shape index (κ2) is 7.08. The Balaban J connectivity index is 1.35. The molecular weight excluding hydrogens is 407 g/mol. The Labute approximate surface area is 185 Å². The van der Waals surface area contributed by atoms with Crippen molar-refractivity contribution in [1.29, 1.82) is 0 Å². The molecule has 7 nitrogen and oxygen atoms in total. The maximum absolute atomic E-state index is 15.1. The summed E-state index contributed by atoms with van der Waals surface area (Å²) >= 11 is 0. The zero-order valence-electron chi connectivity index (χ0n) is 18.4. The molecule has 0 radical (unpaired) electrons. The number of β-amino-alcohol motifs (C(OH)–C–C–N with tert-alkyl or cyclic N) is 1. The van der Waals surface area contributed by atoms with Crippen molar-refractivity contribution in [1.82, 2.24) is 29.3 Å². The van der Waals surface area contributed by atoms with Gasteiger partial charge < -0.3 is 5.11 Å². The average Bonchev–Trinajstić information content (AvgIpc) is 3.20. The third-order valence-electron chi connectivity index (χ3n) is 7.20. The number of aromatic nitrogens is 5. The van der Waals surface area contributed by atoms with E-state index in [1.165, 1.54) is 18.9 Å². The Hall–Kier alpha value is -2.84. The molecule has 0 unspecified atom stereocenters. The molecule has 1 saturated heterocycles. The Morgan fingerprint density at radius 1 is 1.16 bits per heavy atom. The van der Waals surface area contributed by atoms with Crippen molar-refractivity contribution in [3.63, 3.8) is 0 Å². The molecule has 3 aromatic heterocycles. The molecule has 1 N–H and O–H groups in total. The number of hydrogen-bond donors (Lipinski definition) is 1. The molecule has 1 aliphatic heterocycles. The maximum atomic E-state index is 15.1. The van der Waals surface area contributed by atoms with Gasteiger partial charge in [0, 0.05) is 35.8 Å². The number of nitrogens with zero attached hydrogens (tertiary/aromatic N) is 6. The molecule has 0 amide bonds. The monoisotopic (exact) mass is 434 g/mol. The van der Waals surface area contributed by atoms with Gasteiger partial charge >= 0.3 is 0 Å². The molecule has 1 spiro atoms. The fourth-order valence-corrected chi connectivity index (χ4v) is 5.40. The molecule has 6 rings (SSSR count). The summed E-state index contributed by atoms with van der Waals surface area (Å²) in [6.07, 6.45) is 8.18. The Morgan fingerprint density at radius 2 is 2.00 bits per heavy atom. The smallest absolute Gasteiger partial charge is 0.156 e. The van der Waals surface area contributed by atoms with Crippen molar-refractivity contribution in [2.45, 2.75) is 51.1 Å². The lowest BCUT2D eigenvalue weighted by Crippen LogP contribution is -2.46. The topological polar surface area (TPSA) is 71.5 Å². The van der Waals surface area contributed by atoms with E-state index in [1.807, 2.05) is 43.1 Å². The molecule has 2 aliphatic rings. The third-order valence-corrected chi connectivity index (χ3v) is 7.20. The lowest BCUT2D eigenvalue weighted by atomic mass is 9.95. The highest BCUT2D eigenvalue weighted by molar-refractivity contribution is 5.84. The summed E-state index contributed by atoms with van der Waals surface area (Å²) in [6, 6.07) is 5.73. The first-order chi connectivity index (χ1) is 15.5. The Bertz CT molecular complexity index is 1340. The van der Waals surface area contributed by atoms with Crippen LogP contribution in [0, 0.1) is 19.7 Å². The van der Waals surface area contributed by atoms with Crippen molar-refractivity contribution in [3.8, 4) is 11.3 Å². The summed E-state index contributed by atoms with van der Waals surface area (Å²) in [4.78, 5) is 6.92. The van der Waals surface area contributed by atoms with Crippen molar-refractivity contribution >= 4 is 16.6 Å². The molecule has 1 atom stereocenters.